The number of aryl methyl sites for hydroxylation is 2. The Hall–Kier alpha value is -2.04. The third-order valence-electron chi connectivity index (χ3n) is 2.41. The van der Waals surface area contributed by atoms with Crippen molar-refractivity contribution in [2.45, 2.75) is 20.4 Å². The van der Waals surface area contributed by atoms with E-state index in [4.69, 9.17) is 10.3 Å². The van der Waals surface area contributed by atoms with Crippen LogP contribution in [0.5, 0.6) is 0 Å². The van der Waals surface area contributed by atoms with Gasteiger partial charge >= 0.3 is 0 Å². The van der Waals surface area contributed by atoms with Gasteiger partial charge in [0.15, 0.2) is 0 Å². The van der Waals surface area contributed by atoms with Gasteiger partial charge in [0, 0.05) is 30.1 Å². The first kappa shape index (κ1) is 10.5. The van der Waals surface area contributed by atoms with Gasteiger partial charge in [-0.25, -0.2) is 4.98 Å². The highest BCUT2D eigenvalue weighted by molar-refractivity contribution is 5.48. The molecule has 0 radical (unpaired) electrons. The molecule has 2 aromatic rings. The molecule has 3 N–H and O–H groups in total. The molecule has 0 saturated heterocycles. The number of rotatable bonds is 3. The van der Waals surface area contributed by atoms with Crippen molar-refractivity contribution in [3.8, 4) is 0 Å². The van der Waals surface area contributed by atoms with E-state index >= 15 is 0 Å². The largest absolute Gasteiger partial charge is 0.399 e. The number of hydrogen-bond donors (Lipinski definition) is 2. The molecule has 0 aromatic carbocycles. The van der Waals surface area contributed by atoms with E-state index in [1.54, 1.807) is 18.3 Å². The lowest BCUT2D eigenvalue weighted by molar-refractivity contribution is 0.392. The number of pyridine rings is 1. The molecular formula is C11H14N4O. The smallest absolute Gasteiger partial charge is 0.138 e. The second kappa shape index (κ2) is 4.22. The molecule has 84 valence electrons. The Kier molecular flexibility index (Phi) is 2.76. The molecule has 0 aliphatic heterocycles. The molecule has 0 bridgehead atoms. The Balaban J connectivity index is 2.08. The summed E-state index contributed by atoms with van der Waals surface area (Å²) in [6.45, 7) is 4.45. The van der Waals surface area contributed by atoms with E-state index in [0.717, 1.165) is 22.8 Å². The summed E-state index contributed by atoms with van der Waals surface area (Å²) in [7, 11) is 0. The molecule has 0 saturated carbocycles. The standard InChI is InChI=1S/C11H14N4O/c1-7-10(8(2)16-15-7)6-14-11-5-9(12)3-4-13-11/h3-5H,6H2,1-2H3,(H3,12,13,14). The third kappa shape index (κ3) is 2.13. The normalized spacial score (nSPS) is 10.4. The number of nitrogens with zero attached hydrogens (tertiary/aromatic N) is 2. The highest BCUT2D eigenvalue weighted by atomic mass is 16.5. The Labute approximate surface area is 93.7 Å². The van der Waals surface area contributed by atoms with Crippen LogP contribution in [-0.4, -0.2) is 10.1 Å². The van der Waals surface area contributed by atoms with E-state index in [9.17, 15) is 0 Å². The topological polar surface area (TPSA) is 77.0 Å². The second-order valence-corrected chi connectivity index (χ2v) is 3.63. The molecule has 5 nitrogen and oxygen atoms in total. The Morgan fingerprint density at radius 1 is 1.44 bits per heavy atom. The molecule has 0 unspecified atom stereocenters. The highest BCUT2D eigenvalue weighted by Crippen LogP contribution is 2.15. The van der Waals surface area contributed by atoms with Crippen LogP contribution in [0.15, 0.2) is 22.9 Å². The van der Waals surface area contributed by atoms with Crippen molar-refractivity contribution < 1.29 is 4.52 Å². The Morgan fingerprint density at radius 2 is 2.25 bits per heavy atom. The average molecular weight is 218 g/mol. The number of nitrogens with two attached hydrogens (primary N) is 1. The number of nitrogens with one attached hydrogen (secondary N) is 1. The molecule has 2 rings (SSSR count). The fourth-order valence-electron chi connectivity index (χ4n) is 1.48. The minimum absolute atomic E-state index is 0.637. The maximum atomic E-state index is 5.66. The summed E-state index contributed by atoms with van der Waals surface area (Å²) >= 11 is 0. The highest BCUT2D eigenvalue weighted by Gasteiger charge is 2.08. The van der Waals surface area contributed by atoms with E-state index in [0.29, 0.717) is 12.2 Å². The summed E-state index contributed by atoms with van der Waals surface area (Å²) < 4.78 is 5.07. The fraction of sp³-hybridized carbons (Fsp3) is 0.273. The average Bonchev–Trinajstić information content (AvgIpc) is 2.56. The van der Waals surface area contributed by atoms with Gasteiger partial charge in [0.05, 0.1) is 5.69 Å². The zero-order valence-electron chi connectivity index (χ0n) is 9.32. The first-order chi connectivity index (χ1) is 7.66. The van der Waals surface area contributed by atoms with Gasteiger partial charge < -0.3 is 15.6 Å². The van der Waals surface area contributed by atoms with Crippen LogP contribution in [0.25, 0.3) is 0 Å². The molecule has 0 fully saturated rings. The maximum Gasteiger partial charge on any atom is 0.138 e. The van der Waals surface area contributed by atoms with E-state index in [1.165, 1.54) is 0 Å². The van der Waals surface area contributed by atoms with E-state index in [1.807, 2.05) is 13.8 Å². The van der Waals surface area contributed by atoms with Crippen molar-refractivity contribution in [3.05, 3.63) is 35.3 Å². The SMILES string of the molecule is Cc1noc(C)c1CNc1cc(N)ccn1. The van der Waals surface area contributed by atoms with Crippen LogP contribution in [0.4, 0.5) is 11.5 Å². The van der Waals surface area contributed by atoms with E-state index < -0.39 is 0 Å². The Morgan fingerprint density at radius 3 is 2.88 bits per heavy atom. The molecule has 2 heterocycles. The van der Waals surface area contributed by atoms with Gasteiger partial charge in [-0.05, 0) is 19.9 Å². The Bertz CT molecular complexity index is 473. The molecule has 0 amide bonds. The van der Waals surface area contributed by atoms with Crippen molar-refractivity contribution >= 4 is 11.5 Å². The van der Waals surface area contributed by atoms with Crippen LogP contribution in [0.3, 0.4) is 0 Å². The van der Waals surface area contributed by atoms with Crippen LogP contribution in [0, 0.1) is 13.8 Å². The zero-order chi connectivity index (χ0) is 11.5. The summed E-state index contributed by atoms with van der Waals surface area (Å²) in [5.74, 6) is 1.58. The minimum Gasteiger partial charge on any atom is -0.399 e. The summed E-state index contributed by atoms with van der Waals surface area (Å²) in [5.41, 5.74) is 8.30. The molecule has 5 heteroatoms. The van der Waals surface area contributed by atoms with Gasteiger partial charge in [-0.3, -0.25) is 0 Å². The van der Waals surface area contributed by atoms with E-state index in [-0.39, 0.29) is 0 Å². The van der Waals surface area contributed by atoms with Crippen molar-refractivity contribution in [3.63, 3.8) is 0 Å². The minimum atomic E-state index is 0.637. The number of anilines is 2. The maximum absolute atomic E-state index is 5.66. The monoisotopic (exact) mass is 218 g/mol. The summed E-state index contributed by atoms with van der Waals surface area (Å²) in [5, 5.41) is 7.06. The van der Waals surface area contributed by atoms with Gasteiger partial charge in [0.1, 0.15) is 11.6 Å². The van der Waals surface area contributed by atoms with Crippen LogP contribution < -0.4 is 11.1 Å². The molecule has 0 aliphatic carbocycles. The number of hydrogen-bond acceptors (Lipinski definition) is 5. The van der Waals surface area contributed by atoms with Crippen LogP contribution in [0.1, 0.15) is 17.0 Å². The van der Waals surface area contributed by atoms with Crippen molar-refractivity contribution in [1.82, 2.24) is 10.1 Å². The van der Waals surface area contributed by atoms with Crippen LogP contribution in [0.2, 0.25) is 0 Å². The van der Waals surface area contributed by atoms with Crippen LogP contribution >= 0.6 is 0 Å². The van der Waals surface area contributed by atoms with Gasteiger partial charge in [0.25, 0.3) is 0 Å². The first-order valence-corrected chi connectivity index (χ1v) is 5.04. The predicted molar refractivity (Wildman–Crippen MR) is 62.0 cm³/mol. The first-order valence-electron chi connectivity index (χ1n) is 5.04. The zero-order valence-corrected chi connectivity index (χ0v) is 9.32. The van der Waals surface area contributed by atoms with Gasteiger partial charge in [-0.1, -0.05) is 5.16 Å². The summed E-state index contributed by atoms with van der Waals surface area (Å²) in [4.78, 5) is 4.16. The lowest BCUT2D eigenvalue weighted by Crippen LogP contribution is -2.03. The predicted octanol–water partition coefficient (Wildman–Crippen LogP) is 1.88. The fourth-order valence-corrected chi connectivity index (χ4v) is 1.48. The number of aromatic nitrogens is 2. The van der Waals surface area contributed by atoms with Gasteiger partial charge in [0.2, 0.25) is 0 Å². The van der Waals surface area contributed by atoms with Crippen LogP contribution in [-0.2, 0) is 6.54 Å². The molecule has 16 heavy (non-hydrogen) atoms. The molecular weight excluding hydrogens is 204 g/mol. The number of nitrogen functional groups attached to an aromatic ring is 1. The molecule has 0 aliphatic rings. The molecule has 0 atom stereocenters. The van der Waals surface area contributed by atoms with E-state index in [2.05, 4.69) is 15.5 Å². The summed E-state index contributed by atoms with van der Waals surface area (Å²) in [6.07, 6.45) is 1.67. The summed E-state index contributed by atoms with van der Waals surface area (Å²) in [6, 6.07) is 3.54. The molecule has 2 aromatic heterocycles. The van der Waals surface area contributed by atoms with Crippen molar-refractivity contribution in [2.75, 3.05) is 11.1 Å². The quantitative estimate of drug-likeness (QED) is 0.822. The lowest BCUT2D eigenvalue weighted by atomic mass is 10.2. The molecule has 0 spiro atoms. The van der Waals surface area contributed by atoms with Crippen molar-refractivity contribution in [2.24, 2.45) is 0 Å². The van der Waals surface area contributed by atoms with Gasteiger partial charge in [-0.2, -0.15) is 0 Å². The lowest BCUT2D eigenvalue weighted by Gasteiger charge is -2.05. The second-order valence-electron chi connectivity index (χ2n) is 3.63. The third-order valence-corrected chi connectivity index (χ3v) is 2.41. The van der Waals surface area contributed by atoms with Gasteiger partial charge in [-0.15, -0.1) is 0 Å². The van der Waals surface area contributed by atoms with Crippen molar-refractivity contribution in [1.29, 1.82) is 0 Å².